The number of imidazole rings is 1. The number of halogens is 5. The zero-order valence-electron chi connectivity index (χ0n) is 11.6. The van der Waals surface area contributed by atoms with Crippen molar-refractivity contribution in [1.82, 2.24) is 14.9 Å². The molecule has 0 saturated carbocycles. The van der Waals surface area contributed by atoms with Crippen LogP contribution in [0.15, 0.2) is 12.1 Å². The van der Waals surface area contributed by atoms with Gasteiger partial charge in [-0.25, -0.2) is 13.8 Å². The van der Waals surface area contributed by atoms with Crippen molar-refractivity contribution in [2.45, 2.75) is 25.6 Å². The molecule has 0 amide bonds. The first kappa shape index (κ1) is 15.2. The number of benzene rings is 1. The predicted octanol–water partition coefficient (Wildman–Crippen LogP) is 3.33. The Hall–Kier alpha value is -1.70. The van der Waals surface area contributed by atoms with Gasteiger partial charge < -0.3 is 9.88 Å². The summed E-state index contributed by atoms with van der Waals surface area (Å²) in [4.78, 5) is 3.46. The molecule has 3 nitrogen and oxygen atoms in total. The van der Waals surface area contributed by atoms with Gasteiger partial charge in [0.2, 0.25) is 5.82 Å². The summed E-state index contributed by atoms with van der Waals surface area (Å²) >= 11 is 0. The van der Waals surface area contributed by atoms with Crippen LogP contribution in [0.25, 0.3) is 11.0 Å². The lowest BCUT2D eigenvalue weighted by atomic mass is 9.99. The summed E-state index contributed by atoms with van der Waals surface area (Å²) in [6.45, 7) is 1.51. The molecule has 2 aromatic rings. The van der Waals surface area contributed by atoms with E-state index in [0.717, 1.165) is 30.0 Å². The monoisotopic (exact) mass is 319 g/mol. The standard InChI is InChI=1S/C14H14F5N3/c15-9-4-11-12(5-10(9)16)22(13(21-11)14(17,18)19)7-8-2-1-3-20-6-8/h4-5,8,20H,1-3,6-7H2. The van der Waals surface area contributed by atoms with Crippen LogP contribution in [-0.4, -0.2) is 22.6 Å². The molecule has 1 unspecified atom stereocenters. The van der Waals surface area contributed by atoms with Crippen LogP contribution in [-0.2, 0) is 12.7 Å². The molecule has 0 bridgehead atoms. The van der Waals surface area contributed by atoms with Crippen molar-refractivity contribution in [3.05, 3.63) is 29.6 Å². The first-order valence-corrected chi connectivity index (χ1v) is 6.99. The Labute approximate surface area is 123 Å². The zero-order valence-corrected chi connectivity index (χ0v) is 11.6. The lowest BCUT2D eigenvalue weighted by Gasteiger charge is -2.24. The molecule has 2 heterocycles. The number of fused-ring (bicyclic) bond motifs is 1. The zero-order chi connectivity index (χ0) is 15.9. The number of aromatic nitrogens is 2. The van der Waals surface area contributed by atoms with Gasteiger partial charge in [0.25, 0.3) is 0 Å². The van der Waals surface area contributed by atoms with E-state index in [1.807, 2.05) is 0 Å². The Morgan fingerprint density at radius 1 is 1.23 bits per heavy atom. The molecule has 0 spiro atoms. The predicted molar refractivity (Wildman–Crippen MR) is 70.2 cm³/mol. The summed E-state index contributed by atoms with van der Waals surface area (Å²) in [6.07, 6.45) is -3.01. The van der Waals surface area contributed by atoms with Crippen LogP contribution < -0.4 is 5.32 Å². The number of piperidine rings is 1. The molecular weight excluding hydrogens is 305 g/mol. The van der Waals surface area contributed by atoms with Crippen LogP contribution in [0.3, 0.4) is 0 Å². The average Bonchev–Trinajstić information content (AvgIpc) is 2.79. The number of rotatable bonds is 2. The van der Waals surface area contributed by atoms with E-state index in [2.05, 4.69) is 10.3 Å². The second-order valence-electron chi connectivity index (χ2n) is 5.51. The van der Waals surface area contributed by atoms with Crippen molar-refractivity contribution in [2.75, 3.05) is 13.1 Å². The van der Waals surface area contributed by atoms with Gasteiger partial charge in [0, 0.05) is 18.7 Å². The molecule has 3 rings (SSSR count). The molecule has 1 saturated heterocycles. The number of hydrogen-bond acceptors (Lipinski definition) is 2. The van der Waals surface area contributed by atoms with Gasteiger partial charge >= 0.3 is 6.18 Å². The summed E-state index contributed by atoms with van der Waals surface area (Å²) in [5, 5.41) is 3.12. The van der Waals surface area contributed by atoms with Crippen molar-refractivity contribution < 1.29 is 22.0 Å². The smallest absolute Gasteiger partial charge is 0.320 e. The van der Waals surface area contributed by atoms with Crippen molar-refractivity contribution in [3.63, 3.8) is 0 Å². The van der Waals surface area contributed by atoms with Crippen molar-refractivity contribution >= 4 is 11.0 Å². The molecule has 1 aliphatic rings. The third-order valence-corrected chi connectivity index (χ3v) is 3.88. The second kappa shape index (κ2) is 5.49. The Balaban J connectivity index is 2.09. The molecule has 1 fully saturated rings. The summed E-state index contributed by atoms with van der Waals surface area (Å²) in [6, 6.07) is 1.48. The first-order chi connectivity index (χ1) is 10.4. The third kappa shape index (κ3) is 2.79. The normalized spacial score (nSPS) is 19.8. The fraction of sp³-hybridized carbons (Fsp3) is 0.500. The van der Waals surface area contributed by atoms with Crippen LogP contribution in [0.5, 0.6) is 0 Å². The van der Waals surface area contributed by atoms with Crippen LogP contribution in [0.1, 0.15) is 18.7 Å². The highest BCUT2D eigenvalue weighted by molar-refractivity contribution is 5.76. The number of nitrogens with zero attached hydrogens (tertiary/aromatic N) is 2. The lowest BCUT2D eigenvalue weighted by molar-refractivity contribution is -0.147. The molecule has 8 heteroatoms. The van der Waals surface area contributed by atoms with Crippen molar-refractivity contribution in [3.8, 4) is 0 Å². The molecule has 22 heavy (non-hydrogen) atoms. The maximum absolute atomic E-state index is 13.4. The first-order valence-electron chi connectivity index (χ1n) is 6.99. The highest BCUT2D eigenvalue weighted by Crippen LogP contribution is 2.33. The molecule has 0 radical (unpaired) electrons. The van der Waals surface area contributed by atoms with Crippen molar-refractivity contribution in [2.24, 2.45) is 5.92 Å². The summed E-state index contributed by atoms with van der Waals surface area (Å²) in [5.74, 6) is -3.49. The van der Waals surface area contributed by atoms with Crippen LogP contribution >= 0.6 is 0 Å². The highest BCUT2D eigenvalue weighted by atomic mass is 19.4. The van der Waals surface area contributed by atoms with E-state index in [-0.39, 0.29) is 23.5 Å². The second-order valence-corrected chi connectivity index (χ2v) is 5.51. The van der Waals surface area contributed by atoms with Crippen LogP contribution in [0.2, 0.25) is 0 Å². The van der Waals surface area contributed by atoms with Gasteiger partial charge in [-0.2, -0.15) is 13.2 Å². The van der Waals surface area contributed by atoms with Gasteiger partial charge in [-0.05, 0) is 31.8 Å². The van der Waals surface area contributed by atoms with Gasteiger partial charge in [0.05, 0.1) is 11.0 Å². The minimum Gasteiger partial charge on any atom is -0.320 e. The SMILES string of the molecule is Fc1cc2nc(C(F)(F)F)n(CC3CCCNC3)c2cc1F. The van der Waals surface area contributed by atoms with Gasteiger partial charge in [-0.3, -0.25) is 0 Å². The number of alkyl halides is 3. The van der Waals surface area contributed by atoms with E-state index >= 15 is 0 Å². The molecular formula is C14H14F5N3. The van der Waals surface area contributed by atoms with Crippen LogP contribution in [0, 0.1) is 17.6 Å². The van der Waals surface area contributed by atoms with E-state index < -0.39 is 23.6 Å². The molecule has 1 aliphatic heterocycles. The quantitative estimate of drug-likeness (QED) is 0.861. The Kier molecular flexibility index (Phi) is 3.80. The fourth-order valence-electron chi connectivity index (χ4n) is 2.86. The lowest BCUT2D eigenvalue weighted by Crippen LogP contribution is -2.33. The van der Waals surface area contributed by atoms with E-state index in [0.29, 0.717) is 12.6 Å². The Bertz CT molecular complexity index is 686. The number of hydrogen-bond donors (Lipinski definition) is 1. The molecule has 120 valence electrons. The fourth-order valence-corrected chi connectivity index (χ4v) is 2.86. The Morgan fingerprint density at radius 2 is 1.95 bits per heavy atom. The molecule has 1 N–H and O–H groups in total. The maximum Gasteiger partial charge on any atom is 0.449 e. The molecule has 1 aromatic heterocycles. The summed E-state index contributed by atoms with van der Waals surface area (Å²) < 4.78 is 67.1. The minimum absolute atomic E-state index is 0.000337. The molecule has 1 atom stereocenters. The topological polar surface area (TPSA) is 29.9 Å². The van der Waals surface area contributed by atoms with Crippen molar-refractivity contribution in [1.29, 1.82) is 0 Å². The van der Waals surface area contributed by atoms with E-state index in [1.54, 1.807) is 0 Å². The third-order valence-electron chi connectivity index (χ3n) is 3.88. The van der Waals surface area contributed by atoms with Gasteiger partial charge in [-0.1, -0.05) is 0 Å². The molecule has 1 aromatic carbocycles. The van der Waals surface area contributed by atoms with E-state index in [4.69, 9.17) is 0 Å². The summed E-state index contributed by atoms with van der Waals surface area (Å²) in [5.41, 5.74) is -0.216. The van der Waals surface area contributed by atoms with Gasteiger partial charge in [0.15, 0.2) is 11.6 Å². The molecule has 0 aliphatic carbocycles. The average molecular weight is 319 g/mol. The largest absolute Gasteiger partial charge is 0.449 e. The van der Waals surface area contributed by atoms with Gasteiger partial charge in [-0.15, -0.1) is 0 Å². The Morgan fingerprint density at radius 3 is 2.59 bits per heavy atom. The van der Waals surface area contributed by atoms with E-state index in [9.17, 15) is 22.0 Å². The number of nitrogens with one attached hydrogen (secondary N) is 1. The summed E-state index contributed by atoms with van der Waals surface area (Å²) in [7, 11) is 0. The minimum atomic E-state index is -4.67. The highest BCUT2D eigenvalue weighted by Gasteiger charge is 2.38. The maximum atomic E-state index is 13.4. The van der Waals surface area contributed by atoms with Gasteiger partial charge in [0.1, 0.15) is 0 Å². The van der Waals surface area contributed by atoms with Crippen LogP contribution in [0.4, 0.5) is 22.0 Å². The van der Waals surface area contributed by atoms with E-state index in [1.165, 1.54) is 0 Å².